The van der Waals surface area contributed by atoms with Crippen molar-refractivity contribution in [3.8, 4) is 0 Å². The summed E-state index contributed by atoms with van der Waals surface area (Å²) in [4.78, 5) is 0. The molecule has 0 bridgehead atoms. The molecule has 4 nitrogen and oxygen atoms in total. The number of hydrogen-bond acceptors (Lipinski definition) is 2. The molecule has 0 aliphatic heterocycles. The summed E-state index contributed by atoms with van der Waals surface area (Å²) < 4.78 is 2.11. The van der Waals surface area contributed by atoms with Crippen molar-refractivity contribution >= 4 is 0 Å². The lowest BCUT2D eigenvalue weighted by molar-refractivity contribution is -0.884. The molecule has 4 heteroatoms. The summed E-state index contributed by atoms with van der Waals surface area (Å²) in [6.45, 7) is 4.72. The maximum absolute atomic E-state index is 2.29. The standard InChI is InChI=1S/C19H42N.C10H16N.2H2O/c1-5-6-7-8-9-10-11-12-13-14-15-16-17-18-19-20(2,3)4;1-11(2,3)9-10-7-5-4-6-8-10;;/h5-19H2,1-4H3;4-8H,9H2,1-3H3;2*1H2/q2*+1;;/p-2. The van der Waals surface area contributed by atoms with Gasteiger partial charge in [0.25, 0.3) is 0 Å². The Morgan fingerprint density at radius 3 is 1.18 bits per heavy atom. The zero-order chi connectivity index (χ0) is 23.4. The zero-order valence-electron chi connectivity index (χ0n) is 23.5. The summed E-state index contributed by atoms with van der Waals surface area (Å²) in [6.07, 6.45) is 20.4. The molecule has 0 heterocycles. The average molecular weight is 469 g/mol. The van der Waals surface area contributed by atoms with Gasteiger partial charge in [-0.1, -0.05) is 114 Å². The van der Waals surface area contributed by atoms with Crippen LogP contribution >= 0.6 is 0 Å². The van der Waals surface area contributed by atoms with Crippen molar-refractivity contribution in [2.75, 3.05) is 48.8 Å². The Balaban J connectivity index is -0.000000588. The highest BCUT2D eigenvalue weighted by atomic mass is 16.0. The number of benzene rings is 1. The molecule has 0 aromatic heterocycles. The fraction of sp³-hybridized carbons (Fsp3) is 0.793. The maximum atomic E-state index is 2.29. The lowest BCUT2D eigenvalue weighted by Crippen LogP contribution is -2.35. The van der Waals surface area contributed by atoms with E-state index in [1.807, 2.05) is 0 Å². The van der Waals surface area contributed by atoms with Crippen LogP contribution in [0.1, 0.15) is 102 Å². The quantitative estimate of drug-likeness (QED) is 0.173. The van der Waals surface area contributed by atoms with Crippen LogP contribution in [-0.2, 0) is 6.54 Å². The highest BCUT2D eigenvalue weighted by Crippen LogP contribution is 2.13. The second kappa shape index (κ2) is 22.8. The van der Waals surface area contributed by atoms with E-state index in [-0.39, 0.29) is 11.0 Å². The number of hydrogen-bond donors (Lipinski definition) is 0. The van der Waals surface area contributed by atoms with Gasteiger partial charge in [-0.25, -0.2) is 0 Å². The molecule has 2 N–H and O–H groups in total. The van der Waals surface area contributed by atoms with Gasteiger partial charge in [0.1, 0.15) is 6.54 Å². The van der Waals surface area contributed by atoms with Crippen molar-refractivity contribution in [1.82, 2.24) is 0 Å². The first-order valence-electron chi connectivity index (χ1n) is 13.3. The van der Waals surface area contributed by atoms with E-state index in [0.717, 1.165) is 15.5 Å². The molecule has 198 valence electrons. The van der Waals surface area contributed by atoms with Crippen LogP contribution in [0.5, 0.6) is 0 Å². The third kappa shape index (κ3) is 31.1. The second-order valence-electron chi connectivity index (χ2n) is 11.5. The molecule has 0 saturated heterocycles. The summed E-state index contributed by atoms with van der Waals surface area (Å²) in [5.41, 5.74) is 1.40. The Morgan fingerprint density at radius 1 is 0.485 bits per heavy atom. The Hall–Kier alpha value is -0.940. The highest BCUT2D eigenvalue weighted by Gasteiger charge is 2.06. The first-order valence-corrected chi connectivity index (χ1v) is 13.3. The van der Waals surface area contributed by atoms with Gasteiger partial charge in [-0.2, -0.15) is 0 Å². The van der Waals surface area contributed by atoms with Crippen LogP contribution in [-0.4, -0.2) is 68.7 Å². The second-order valence-corrected chi connectivity index (χ2v) is 11.5. The Kier molecular flexibility index (Phi) is 25.3. The van der Waals surface area contributed by atoms with E-state index in [1.165, 1.54) is 102 Å². The molecule has 0 fully saturated rings. The van der Waals surface area contributed by atoms with Crippen molar-refractivity contribution < 1.29 is 19.9 Å². The largest absolute Gasteiger partial charge is 0.870 e. The van der Waals surface area contributed by atoms with Gasteiger partial charge in [-0.3, -0.25) is 0 Å². The van der Waals surface area contributed by atoms with Crippen LogP contribution in [0.25, 0.3) is 0 Å². The lowest BCUT2D eigenvalue weighted by Gasteiger charge is -2.23. The molecule has 0 amide bonds. The van der Waals surface area contributed by atoms with E-state index in [0.29, 0.717) is 0 Å². The highest BCUT2D eigenvalue weighted by molar-refractivity contribution is 5.13. The van der Waals surface area contributed by atoms with Crippen LogP contribution in [0.15, 0.2) is 30.3 Å². The van der Waals surface area contributed by atoms with Gasteiger partial charge in [-0.05, 0) is 12.8 Å². The minimum atomic E-state index is 0. The minimum Gasteiger partial charge on any atom is -0.870 e. The first-order chi connectivity index (χ1) is 14.6. The van der Waals surface area contributed by atoms with Crippen molar-refractivity contribution in [3.63, 3.8) is 0 Å². The van der Waals surface area contributed by atoms with Gasteiger partial charge < -0.3 is 19.9 Å². The summed E-state index contributed by atoms with van der Waals surface area (Å²) in [5, 5.41) is 0. The molecular formula is C29H60N2O2. The predicted octanol–water partition coefficient (Wildman–Crippen LogP) is 7.71. The normalized spacial score (nSPS) is 11.1. The van der Waals surface area contributed by atoms with Crippen LogP contribution in [0, 0.1) is 0 Å². The van der Waals surface area contributed by atoms with Crippen molar-refractivity contribution in [1.29, 1.82) is 0 Å². The lowest BCUT2D eigenvalue weighted by atomic mass is 10.0. The maximum Gasteiger partial charge on any atom is 0.104 e. The third-order valence-corrected chi connectivity index (χ3v) is 5.68. The van der Waals surface area contributed by atoms with Gasteiger partial charge in [0.05, 0.1) is 48.8 Å². The Bertz CT molecular complexity index is 493. The van der Waals surface area contributed by atoms with E-state index in [2.05, 4.69) is 79.5 Å². The molecule has 0 aliphatic rings. The molecule has 0 aliphatic carbocycles. The number of nitrogens with zero attached hydrogens (tertiary/aromatic N) is 2. The smallest absolute Gasteiger partial charge is 0.104 e. The van der Waals surface area contributed by atoms with Crippen LogP contribution in [0.4, 0.5) is 0 Å². The molecule has 1 aromatic rings. The molecule has 33 heavy (non-hydrogen) atoms. The van der Waals surface area contributed by atoms with E-state index < -0.39 is 0 Å². The van der Waals surface area contributed by atoms with Gasteiger partial charge in [0.2, 0.25) is 0 Å². The van der Waals surface area contributed by atoms with E-state index in [9.17, 15) is 0 Å². The fourth-order valence-corrected chi connectivity index (χ4v) is 3.91. The SMILES string of the molecule is CCCCCCCCCCCCCCCC[N+](C)(C)C.C[N+](C)(C)Cc1ccccc1.[OH-].[OH-]. The minimum absolute atomic E-state index is 0. The number of unbranched alkanes of at least 4 members (excludes halogenated alkanes) is 13. The zero-order valence-corrected chi connectivity index (χ0v) is 23.5. The molecule has 1 aromatic carbocycles. The average Bonchev–Trinajstić information content (AvgIpc) is 2.67. The molecule has 1 rings (SSSR count). The fourth-order valence-electron chi connectivity index (χ4n) is 3.91. The molecule has 0 saturated carbocycles. The first kappa shape index (κ1) is 36.6. The molecule has 0 radical (unpaired) electrons. The van der Waals surface area contributed by atoms with E-state index in [1.54, 1.807) is 0 Å². The number of quaternary nitrogens is 2. The third-order valence-electron chi connectivity index (χ3n) is 5.68. The molecule has 0 unspecified atom stereocenters. The van der Waals surface area contributed by atoms with E-state index >= 15 is 0 Å². The molecular weight excluding hydrogens is 408 g/mol. The molecule has 0 spiro atoms. The summed E-state index contributed by atoms with van der Waals surface area (Å²) in [6, 6.07) is 10.6. The molecule has 0 atom stereocenters. The Labute approximate surface area is 208 Å². The Morgan fingerprint density at radius 2 is 0.848 bits per heavy atom. The summed E-state index contributed by atoms with van der Waals surface area (Å²) in [7, 11) is 13.5. The summed E-state index contributed by atoms with van der Waals surface area (Å²) in [5.74, 6) is 0. The monoisotopic (exact) mass is 468 g/mol. The van der Waals surface area contributed by atoms with Gasteiger partial charge in [0.15, 0.2) is 0 Å². The van der Waals surface area contributed by atoms with Crippen molar-refractivity contribution in [3.05, 3.63) is 35.9 Å². The summed E-state index contributed by atoms with van der Waals surface area (Å²) >= 11 is 0. The van der Waals surface area contributed by atoms with Gasteiger partial charge in [-0.15, -0.1) is 0 Å². The van der Waals surface area contributed by atoms with Crippen molar-refractivity contribution in [2.24, 2.45) is 0 Å². The van der Waals surface area contributed by atoms with Gasteiger partial charge >= 0.3 is 0 Å². The number of rotatable bonds is 17. The van der Waals surface area contributed by atoms with E-state index in [4.69, 9.17) is 0 Å². The van der Waals surface area contributed by atoms with Crippen LogP contribution < -0.4 is 0 Å². The van der Waals surface area contributed by atoms with Crippen molar-refractivity contribution in [2.45, 2.75) is 103 Å². The van der Waals surface area contributed by atoms with Crippen LogP contribution in [0.3, 0.4) is 0 Å². The topological polar surface area (TPSA) is 60.0 Å². The predicted molar refractivity (Wildman–Crippen MR) is 145 cm³/mol. The van der Waals surface area contributed by atoms with Gasteiger partial charge in [0, 0.05) is 5.56 Å². The van der Waals surface area contributed by atoms with Crippen LogP contribution in [0.2, 0.25) is 0 Å².